The molecule has 0 saturated heterocycles. The number of aryl methyl sites for hydroxylation is 1. The SMILES string of the molecule is Cn1c(-c2ccoc2)nc2ccc(CN)cc21. The summed E-state index contributed by atoms with van der Waals surface area (Å²) in [6.45, 7) is 0.544. The summed E-state index contributed by atoms with van der Waals surface area (Å²) in [6, 6.07) is 7.99. The maximum atomic E-state index is 5.65. The van der Waals surface area contributed by atoms with Crippen molar-refractivity contribution in [2.75, 3.05) is 0 Å². The Labute approximate surface area is 98.7 Å². The van der Waals surface area contributed by atoms with Crippen molar-refractivity contribution in [1.82, 2.24) is 9.55 Å². The molecular formula is C13H13N3O. The number of hydrogen-bond donors (Lipinski definition) is 1. The van der Waals surface area contributed by atoms with E-state index < -0.39 is 0 Å². The van der Waals surface area contributed by atoms with Crippen molar-refractivity contribution in [3.63, 3.8) is 0 Å². The van der Waals surface area contributed by atoms with Crippen LogP contribution in [0.25, 0.3) is 22.4 Å². The fraction of sp³-hybridized carbons (Fsp3) is 0.154. The Morgan fingerprint density at radius 3 is 2.94 bits per heavy atom. The summed E-state index contributed by atoms with van der Waals surface area (Å²) in [5, 5.41) is 0. The predicted molar refractivity (Wildman–Crippen MR) is 66.3 cm³/mol. The smallest absolute Gasteiger partial charge is 0.144 e. The van der Waals surface area contributed by atoms with Gasteiger partial charge in [-0.15, -0.1) is 0 Å². The van der Waals surface area contributed by atoms with Crippen molar-refractivity contribution in [3.8, 4) is 11.4 Å². The molecule has 4 heteroatoms. The van der Waals surface area contributed by atoms with Crippen molar-refractivity contribution in [1.29, 1.82) is 0 Å². The third-order valence-corrected chi connectivity index (χ3v) is 2.96. The van der Waals surface area contributed by atoms with Gasteiger partial charge in [0, 0.05) is 13.6 Å². The first-order valence-electron chi connectivity index (χ1n) is 5.47. The van der Waals surface area contributed by atoms with Gasteiger partial charge in [0.25, 0.3) is 0 Å². The van der Waals surface area contributed by atoms with Crippen LogP contribution in [-0.4, -0.2) is 9.55 Å². The van der Waals surface area contributed by atoms with Gasteiger partial charge in [-0.05, 0) is 23.8 Å². The van der Waals surface area contributed by atoms with Crippen LogP contribution in [0.3, 0.4) is 0 Å². The van der Waals surface area contributed by atoms with E-state index in [1.54, 1.807) is 12.5 Å². The summed E-state index contributed by atoms with van der Waals surface area (Å²) in [7, 11) is 2.00. The van der Waals surface area contributed by atoms with Crippen LogP contribution in [0.15, 0.2) is 41.2 Å². The number of benzene rings is 1. The van der Waals surface area contributed by atoms with Crippen LogP contribution in [-0.2, 0) is 13.6 Å². The quantitative estimate of drug-likeness (QED) is 0.730. The molecule has 0 amide bonds. The Morgan fingerprint density at radius 1 is 1.35 bits per heavy atom. The zero-order valence-electron chi connectivity index (χ0n) is 9.55. The molecule has 4 nitrogen and oxygen atoms in total. The molecule has 0 atom stereocenters. The van der Waals surface area contributed by atoms with E-state index in [2.05, 4.69) is 15.6 Å². The third-order valence-electron chi connectivity index (χ3n) is 2.96. The standard InChI is InChI=1S/C13H13N3O/c1-16-12-6-9(7-14)2-3-11(12)15-13(16)10-4-5-17-8-10/h2-6,8H,7,14H2,1H3. The van der Waals surface area contributed by atoms with E-state index >= 15 is 0 Å². The highest BCUT2D eigenvalue weighted by atomic mass is 16.3. The first-order chi connectivity index (χ1) is 8.29. The Morgan fingerprint density at radius 2 is 2.24 bits per heavy atom. The molecule has 17 heavy (non-hydrogen) atoms. The summed E-state index contributed by atoms with van der Waals surface area (Å²) < 4.78 is 7.15. The second-order valence-corrected chi connectivity index (χ2v) is 4.03. The first kappa shape index (κ1) is 10.1. The van der Waals surface area contributed by atoms with Crippen LogP contribution in [0.5, 0.6) is 0 Å². The lowest BCUT2D eigenvalue weighted by atomic mass is 10.2. The number of nitrogens with zero attached hydrogens (tertiary/aromatic N) is 2. The average molecular weight is 227 g/mol. The normalized spacial score (nSPS) is 11.2. The fourth-order valence-electron chi connectivity index (χ4n) is 2.01. The lowest BCUT2D eigenvalue weighted by Gasteiger charge is -2.00. The first-order valence-corrected chi connectivity index (χ1v) is 5.47. The molecule has 0 radical (unpaired) electrons. The molecular weight excluding hydrogens is 214 g/mol. The molecule has 0 aliphatic carbocycles. The van der Waals surface area contributed by atoms with Gasteiger partial charge in [0.1, 0.15) is 12.1 Å². The van der Waals surface area contributed by atoms with Crippen molar-refractivity contribution in [3.05, 3.63) is 42.4 Å². The molecule has 1 aromatic carbocycles. The van der Waals surface area contributed by atoms with Crippen LogP contribution < -0.4 is 5.73 Å². The highest BCUT2D eigenvalue weighted by Crippen LogP contribution is 2.24. The van der Waals surface area contributed by atoms with Crippen molar-refractivity contribution >= 4 is 11.0 Å². The minimum atomic E-state index is 0.544. The van der Waals surface area contributed by atoms with Crippen LogP contribution in [0.4, 0.5) is 0 Å². The molecule has 2 heterocycles. The Balaban J connectivity index is 2.25. The molecule has 0 spiro atoms. The highest BCUT2D eigenvalue weighted by Gasteiger charge is 2.10. The molecule has 0 saturated carbocycles. The minimum absolute atomic E-state index is 0.544. The Kier molecular flexibility index (Phi) is 2.23. The number of aromatic nitrogens is 2. The number of fused-ring (bicyclic) bond motifs is 1. The number of nitrogens with two attached hydrogens (primary N) is 1. The molecule has 86 valence electrons. The zero-order chi connectivity index (χ0) is 11.8. The van der Waals surface area contributed by atoms with Gasteiger partial charge >= 0.3 is 0 Å². The second kappa shape index (κ2) is 3.75. The Hall–Kier alpha value is -2.07. The number of rotatable bonds is 2. The minimum Gasteiger partial charge on any atom is -0.472 e. The van der Waals surface area contributed by atoms with E-state index in [0.717, 1.165) is 28.0 Å². The molecule has 2 N–H and O–H groups in total. The topological polar surface area (TPSA) is 57.0 Å². The van der Waals surface area contributed by atoms with Crippen LogP contribution in [0.2, 0.25) is 0 Å². The van der Waals surface area contributed by atoms with Crippen LogP contribution in [0, 0.1) is 0 Å². The average Bonchev–Trinajstić information content (AvgIpc) is 2.97. The van der Waals surface area contributed by atoms with E-state index in [-0.39, 0.29) is 0 Å². The predicted octanol–water partition coefficient (Wildman–Crippen LogP) is 2.29. The highest BCUT2D eigenvalue weighted by molar-refractivity contribution is 5.81. The van der Waals surface area contributed by atoms with E-state index in [0.29, 0.717) is 6.54 Å². The lowest BCUT2D eigenvalue weighted by Crippen LogP contribution is -1.96. The third kappa shape index (κ3) is 1.54. The lowest BCUT2D eigenvalue weighted by molar-refractivity contribution is 0.567. The number of imidazole rings is 1. The van der Waals surface area contributed by atoms with E-state index in [4.69, 9.17) is 10.2 Å². The zero-order valence-corrected chi connectivity index (χ0v) is 9.55. The van der Waals surface area contributed by atoms with Crippen molar-refractivity contribution < 1.29 is 4.42 Å². The molecule has 3 aromatic rings. The van der Waals surface area contributed by atoms with Crippen LogP contribution in [0.1, 0.15) is 5.56 Å². The molecule has 0 bridgehead atoms. The molecule has 2 aromatic heterocycles. The summed E-state index contributed by atoms with van der Waals surface area (Å²) >= 11 is 0. The van der Waals surface area contributed by atoms with E-state index in [1.165, 1.54) is 0 Å². The van der Waals surface area contributed by atoms with Crippen molar-refractivity contribution in [2.24, 2.45) is 12.8 Å². The van der Waals surface area contributed by atoms with Gasteiger partial charge in [0.2, 0.25) is 0 Å². The summed E-state index contributed by atoms with van der Waals surface area (Å²) in [6.07, 6.45) is 3.35. The molecule has 0 aliphatic rings. The molecule has 0 fully saturated rings. The van der Waals surface area contributed by atoms with E-state index in [9.17, 15) is 0 Å². The van der Waals surface area contributed by atoms with Gasteiger partial charge in [0.15, 0.2) is 0 Å². The fourth-order valence-corrected chi connectivity index (χ4v) is 2.01. The summed E-state index contributed by atoms with van der Waals surface area (Å²) in [5.74, 6) is 0.905. The molecule has 0 unspecified atom stereocenters. The van der Waals surface area contributed by atoms with Gasteiger partial charge < -0.3 is 14.7 Å². The monoisotopic (exact) mass is 227 g/mol. The summed E-state index contributed by atoms with van der Waals surface area (Å²) in [4.78, 5) is 4.59. The van der Waals surface area contributed by atoms with Gasteiger partial charge in [0.05, 0.1) is 22.9 Å². The maximum absolute atomic E-state index is 5.65. The Bertz CT molecular complexity index is 653. The molecule has 0 aliphatic heterocycles. The van der Waals surface area contributed by atoms with Gasteiger partial charge in [-0.25, -0.2) is 4.98 Å². The van der Waals surface area contributed by atoms with Gasteiger partial charge in [-0.3, -0.25) is 0 Å². The van der Waals surface area contributed by atoms with Crippen molar-refractivity contribution in [2.45, 2.75) is 6.54 Å². The van der Waals surface area contributed by atoms with Gasteiger partial charge in [-0.2, -0.15) is 0 Å². The van der Waals surface area contributed by atoms with Gasteiger partial charge in [-0.1, -0.05) is 6.07 Å². The number of furan rings is 1. The molecule has 3 rings (SSSR count). The number of hydrogen-bond acceptors (Lipinski definition) is 3. The largest absolute Gasteiger partial charge is 0.472 e. The second-order valence-electron chi connectivity index (χ2n) is 4.03. The van der Waals surface area contributed by atoms with Crippen LogP contribution >= 0.6 is 0 Å². The summed E-state index contributed by atoms with van der Waals surface area (Å²) in [5.41, 5.74) is 9.80. The maximum Gasteiger partial charge on any atom is 0.144 e. The van der Waals surface area contributed by atoms with E-state index in [1.807, 2.05) is 25.2 Å².